The highest BCUT2D eigenvalue weighted by molar-refractivity contribution is 7.99. The van der Waals surface area contributed by atoms with Crippen molar-refractivity contribution in [3.8, 4) is 0 Å². The highest BCUT2D eigenvalue weighted by atomic mass is 32.2. The molecule has 4 heteroatoms. The highest BCUT2D eigenvalue weighted by Crippen LogP contribution is 2.07. The van der Waals surface area contributed by atoms with Crippen LogP contribution in [0.3, 0.4) is 0 Å². The van der Waals surface area contributed by atoms with Crippen molar-refractivity contribution in [1.29, 1.82) is 0 Å². The molecule has 0 saturated carbocycles. The summed E-state index contributed by atoms with van der Waals surface area (Å²) in [5.41, 5.74) is 0. The van der Waals surface area contributed by atoms with E-state index in [-0.39, 0.29) is 18.4 Å². The third-order valence-electron chi connectivity index (χ3n) is 2.35. The van der Waals surface area contributed by atoms with Gasteiger partial charge in [0.05, 0.1) is 0 Å². The fraction of sp³-hybridized carbons (Fsp3) is 0.909. The van der Waals surface area contributed by atoms with Crippen LogP contribution in [0.4, 0.5) is 0 Å². The van der Waals surface area contributed by atoms with E-state index in [0.29, 0.717) is 0 Å². The van der Waals surface area contributed by atoms with Gasteiger partial charge in [-0.25, -0.2) is 0 Å². The topological polar surface area (TPSA) is 49.3 Å². The number of hydrogen-bond donors (Lipinski definition) is 2. The summed E-state index contributed by atoms with van der Waals surface area (Å²) in [6.45, 7) is 5.09. The molecule has 0 aliphatic carbocycles. The minimum Gasteiger partial charge on any atom is -0.396 e. The van der Waals surface area contributed by atoms with E-state index in [1.807, 2.05) is 13.8 Å². The first kappa shape index (κ1) is 14.8. The lowest BCUT2D eigenvalue weighted by Crippen LogP contribution is -2.31. The highest BCUT2D eigenvalue weighted by Gasteiger charge is 2.12. The van der Waals surface area contributed by atoms with Crippen LogP contribution in [0.2, 0.25) is 0 Å². The van der Waals surface area contributed by atoms with Gasteiger partial charge in [-0.1, -0.05) is 13.8 Å². The lowest BCUT2D eigenvalue weighted by Gasteiger charge is -2.12. The van der Waals surface area contributed by atoms with Crippen LogP contribution < -0.4 is 5.32 Å². The Labute approximate surface area is 97.0 Å². The van der Waals surface area contributed by atoms with Gasteiger partial charge in [0, 0.05) is 24.8 Å². The Morgan fingerprint density at radius 3 is 2.53 bits per heavy atom. The monoisotopic (exact) mass is 233 g/mol. The maximum absolute atomic E-state index is 11.5. The minimum absolute atomic E-state index is 0.174. The van der Waals surface area contributed by atoms with Gasteiger partial charge in [-0.2, -0.15) is 11.8 Å². The van der Waals surface area contributed by atoms with Crippen LogP contribution in [0.5, 0.6) is 0 Å². The Morgan fingerprint density at radius 1 is 1.33 bits per heavy atom. The molecular formula is C11H23NO2S. The second-order valence-electron chi connectivity index (χ2n) is 3.49. The number of aliphatic hydroxyl groups excluding tert-OH is 1. The molecule has 0 aromatic carbocycles. The summed E-state index contributed by atoms with van der Waals surface area (Å²) in [5, 5.41) is 11.5. The van der Waals surface area contributed by atoms with Gasteiger partial charge in [-0.15, -0.1) is 0 Å². The molecule has 0 fully saturated rings. The van der Waals surface area contributed by atoms with Gasteiger partial charge in [0.25, 0.3) is 0 Å². The van der Waals surface area contributed by atoms with Gasteiger partial charge in [-0.3, -0.25) is 4.79 Å². The molecule has 0 atom stereocenters. The lowest BCUT2D eigenvalue weighted by molar-refractivity contribution is -0.125. The van der Waals surface area contributed by atoms with Gasteiger partial charge in [0.2, 0.25) is 5.91 Å². The first-order chi connectivity index (χ1) is 7.26. The van der Waals surface area contributed by atoms with Crippen LogP contribution in [0.15, 0.2) is 0 Å². The third-order valence-corrected chi connectivity index (χ3v) is 3.42. The Balaban J connectivity index is 3.38. The molecule has 0 bridgehead atoms. The molecule has 90 valence electrons. The molecule has 0 aliphatic heterocycles. The van der Waals surface area contributed by atoms with Crippen LogP contribution in [-0.2, 0) is 4.79 Å². The van der Waals surface area contributed by atoms with Crippen LogP contribution >= 0.6 is 11.8 Å². The number of aliphatic hydroxyl groups is 1. The zero-order valence-corrected chi connectivity index (χ0v) is 10.6. The Bertz CT molecular complexity index is 161. The van der Waals surface area contributed by atoms with Crippen molar-refractivity contribution in [2.45, 2.75) is 33.1 Å². The Morgan fingerprint density at radius 2 is 2.00 bits per heavy atom. The quantitative estimate of drug-likeness (QED) is 0.595. The van der Waals surface area contributed by atoms with Crippen molar-refractivity contribution >= 4 is 17.7 Å². The van der Waals surface area contributed by atoms with E-state index in [1.165, 1.54) is 0 Å². The van der Waals surface area contributed by atoms with E-state index >= 15 is 0 Å². The predicted octanol–water partition coefficient (Wildman–Crippen LogP) is 1.65. The fourth-order valence-electron chi connectivity index (χ4n) is 1.32. The second-order valence-corrected chi connectivity index (χ2v) is 4.72. The van der Waals surface area contributed by atoms with Crippen molar-refractivity contribution in [3.05, 3.63) is 0 Å². The molecule has 1 amide bonds. The summed E-state index contributed by atoms with van der Waals surface area (Å²) in [6, 6.07) is 0. The Kier molecular flexibility index (Phi) is 10.2. The molecule has 0 aromatic rings. The fourth-order valence-corrected chi connectivity index (χ4v) is 2.10. The number of thioether (sulfide) groups is 1. The molecule has 0 saturated heterocycles. The molecule has 3 nitrogen and oxygen atoms in total. The number of amides is 1. The van der Waals surface area contributed by atoms with E-state index in [1.54, 1.807) is 11.8 Å². The van der Waals surface area contributed by atoms with Gasteiger partial charge >= 0.3 is 0 Å². The summed E-state index contributed by atoms with van der Waals surface area (Å²) >= 11 is 1.77. The zero-order valence-electron chi connectivity index (χ0n) is 9.79. The smallest absolute Gasteiger partial charge is 0.223 e. The van der Waals surface area contributed by atoms with E-state index in [9.17, 15) is 4.79 Å². The normalized spacial score (nSPS) is 10.7. The molecule has 0 aromatic heterocycles. The summed E-state index contributed by atoms with van der Waals surface area (Å²) < 4.78 is 0. The van der Waals surface area contributed by atoms with Crippen molar-refractivity contribution in [1.82, 2.24) is 5.32 Å². The third kappa shape index (κ3) is 7.68. The first-order valence-corrected chi connectivity index (χ1v) is 6.88. The molecule has 15 heavy (non-hydrogen) atoms. The standard InChI is InChI=1S/C11H23NO2S/c1-3-10(4-2)11(14)12-6-9-15-8-5-7-13/h10,13H,3-9H2,1-2H3,(H,12,14). The van der Waals surface area contributed by atoms with Gasteiger partial charge in [-0.05, 0) is 25.0 Å². The van der Waals surface area contributed by atoms with Crippen molar-refractivity contribution in [2.75, 3.05) is 24.7 Å². The van der Waals surface area contributed by atoms with Gasteiger partial charge in [0.15, 0.2) is 0 Å². The molecular weight excluding hydrogens is 210 g/mol. The first-order valence-electron chi connectivity index (χ1n) is 5.72. The Hall–Kier alpha value is -0.220. The molecule has 0 rings (SSSR count). The van der Waals surface area contributed by atoms with Crippen molar-refractivity contribution in [2.24, 2.45) is 5.92 Å². The van der Waals surface area contributed by atoms with Crippen LogP contribution in [0, 0.1) is 5.92 Å². The number of carbonyl (C=O) groups excluding carboxylic acids is 1. The molecule has 2 N–H and O–H groups in total. The molecule has 0 spiro atoms. The van der Waals surface area contributed by atoms with Crippen LogP contribution in [0.1, 0.15) is 33.1 Å². The SMILES string of the molecule is CCC(CC)C(=O)NCCSCCCO. The van der Waals surface area contributed by atoms with E-state index in [4.69, 9.17) is 5.11 Å². The average Bonchev–Trinajstić information content (AvgIpc) is 2.25. The molecule has 0 radical (unpaired) electrons. The van der Waals surface area contributed by atoms with Crippen molar-refractivity contribution < 1.29 is 9.90 Å². The summed E-state index contributed by atoms with van der Waals surface area (Å²) in [5.74, 6) is 2.26. The molecule has 0 unspecified atom stereocenters. The maximum atomic E-state index is 11.5. The van der Waals surface area contributed by atoms with Gasteiger partial charge in [0.1, 0.15) is 0 Å². The van der Waals surface area contributed by atoms with Crippen molar-refractivity contribution in [3.63, 3.8) is 0 Å². The van der Waals surface area contributed by atoms with E-state index in [2.05, 4.69) is 5.32 Å². The maximum Gasteiger partial charge on any atom is 0.223 e. The van der Waals surface area contributed by atoms with E-state index < -0.39 is 0 Å². The molecule has 0 heterocycles. The second kappa shape index (κ2) is 10.3. The number of rotatable bonds is 9. The van der Waals surface area contributed by atoms with Crippen LogP contribution in [-0.4, -0.2) is 35.7 Å². The summed E-state index contributed by atoms with van der Waals surface area (Å²) in [6.07, 6.45) is 2.67. The number of hydrogen-bond acceptors (Lipinski definition) is 3. The lowest BCUT2D eigenvalue weighted by atomic mass is 10.0. The van der Waals surface area contributed by atoms with Gasteiger partial charge < -0.3 is 10.4 Å². The van der Waals surface area contributed by atoms with Crippen LogP contribution in [0.25, 0.3) is 0 Å². The zero-order chi connectivity index (χ0) is 11.5. The number of nitrogens with one attached hydrogen (secondary N) is 1. The minimum atomic E-state index is 0.174. The van der Waals surface area contributed by atoms with E-state index in [0.717, 1.165) is 37.3 Å². The summed E-state index contributed by atoms with van der Waals surface area (Å²) in [4.78, 5) is 11.5. The molecule has 0 aliphatic rings. The number of carbonyl (C=O) groups is 1. The predicted molar refractivity (Wildman–Crippen MR) is 66.1 cm³/mol. The summed E-state index contributed by atoms with van der Waals surface area (Å²) in [7, 11) is 0. The average molecular weight is 233 g/mol. The largest absolute Gasteiger partial charge is 0.396 e.